The molecule has 2 rings (SSSR count). The molecule has 0 atom stereocenters. The zero-order valence-electron chi connectivity index (χ0n) is 12.1. The van der Waals surface area contributed by atoms with Crippen LogP contribution in [0.2, 0.25) is 0 Å². The average molecular weight is 320 g/mol. The fourth-order valence-electron chi connectivity index (χ4n) is 2.10. The lowest BCUT2D eigenvalue weighted by Crippen LogP contribution is -2.12. The zero-order chi connectivity index (χ0) is 16.2. The van der Waals surface area contributed by atoms with Crippen LogP contribution in [0.15, 0.2) is 47.5 Å². The summed E-state index contributed by atoms with van der Waals surface area (Å²) >= 11 is 0. The molecule has 6 nitrogen and oxygen atoms in total. The first kappa shape index (κ1) is 16.1. The third-order valence-corrected chi connectivity index (χ3v) is 4.91. The van der Waals surface area contributed by atoms with Crippen LogP contribution >= 0.6 is 0 Å². The Kier molecular flexibility index (Phi) is 4.87. The van der Waals surface area contributed by atoms with Crippen LogP contribution in [0.5, 0.6) is 0 Å². The number of benzene rings is 1. The summed E-state index contributed by atoms with van der Waals surface area (Å²) in [6.45, 7) is 1.60. The van der Waals surface area contributed by atoms with E-state index in [2.05, 4.69) is 4.98 Å². The number of nitro groups is 1. The van der Waals surface area contributed by atoms with Crippen molar-refractivity contribution in [2.24, 2.45) is 0 Å². The van der Waals surface area contributed by atoms with E-state index in [-0.39, 0.29) is 5.75 Å². The van der Waals surface area contributed by atoms with E-state index in [4.69, 9.17) is 0 Å². The van der Waals surface area contributed by atoms with Crippen molar-refractivity contribution in [2.75, 3.05) is 5.75 Å². The summed E-state index contributed by atoms with van der Waals surface area (Å²) in [6.07, 6.45) is 0.985. The van der Waals surface area contributed by atoms with Gasteiger partial charge in [0.05, 0.1) is 10.7 Å². The highest BCUT2D eigenvalue weighted by Crippen LogP contribution is 2.23. The lowest BCUT2D eigenvalue weighted by molar-refractivity contribution is -0.388. The van der Waals surface area contributed by atoms with Crippen LogP contribution in [-0.4, -0.2) is 24.1 Å². The van der Waals surface area contributed by atoms with Crippen molar-refractivity contribution >= 4 is 15.5 Å². The van der Waals surface area contributed by atoms with E-state index in [9.17, 15) is 18.5 Å². The van der Waals surface area contributed by atoms with E-state index in [1.54, 1.807) is 6.92 Å². The Morgan fingerprint density at radius 2 is 1.82 bits per heavy atom. The Morgan fingerprint density at radius 1 is 1.14 bits per heavy atom. The number of aromatic nitrogens is 1. The maximum atomic E-state index is 12.3. The third-order valence-electron chi connectivity index (χ3n) is 3.19. The van der Waals surface area contributed by atoms with Gasteiger partial charge in [0.1, 0.15) is 0 Å². The predicted octanol–water partition coefficient (Wildman–Crippen LogP) is 2.70. The number of aryl methyl sites for hydroxylation is 2. The van der Waals surface area contributed by atoms with E-state index in [1.807, 2.05) is 30.3 Å². The van der Waals surface area contributed by atoms with Crippen LogP contribution in [-0.2, 0) is 16.3 Å². The Morgan fingerprint density at radius 3 is 2.45 bits per heavy atom. The summed E-state index contributed by atoms with van der Waals surface area (Å²) in [6, 6.07) is 12.1. The quantitative estimate of drug-likeness (QED) is 0.603. The molecule has 0 saturated heterocycles. The maximum absolute atomic E-state index is 12.3. The second-order valence-corrected chi connectivity index (χ2v) is 6.97. The van der Waals surface area contributed by atoms with Gasteiger partial charge in [0, 0.05) is 11.8 Å². The van der Waals surface area contributed by atoms with Crippen LogP contribution in [0.3, 0.4) is 0 Å². The van der Waals surface area contributed by atoms with Gasteiger partial charge in [0.25, 0.3) is 0 Å². The van der Waals surface area contributed by atoms with Crippen LogP contribution in [0.25, 0.3) is 0 Å². The molecule has 7 heteroatoms. The van der Waals surface area contributed by atoms with Gasteiger partial charge in [0.2, 0.25) is 14.9 Å². The van der Waals surface area contributed by atoms with Gasteiger partial charge >= 0.3 is 5.69 Å². The van der Waals surface area contributed by atoms with Gasteiger partial charge in [-0.2, -0.15) is 0 Å². The molecule has 0 aliphatic rings. The summed E-state index contributed by atoms with van der Waals surface area (Å²) in [5.41, 5.74) is 1.00. The number of hydrogen-bond acceptors (Lipinski definition) is 5. The third kappa shape index (κ3) is 3.88. The lowest BCUT2D eigenvalue weighted by atomic mass is 10.1. The molecule has 0 bridgehead atoms. The molecule has 0 aliphatic carbocycles. The minimum absolute atomic E-state index is 0.167. The molecule has 0 radical (unpaired) electrons. The molecular weight excluding hydrogens is 304 g/mol. The van der Waals surface area contributed by atoms with Crippen LogP contribution in [0, 0.1) is 17.0 Å². The molecule has 0 saturated carbocycles. The molecule has 0 amide bonds. The molecule has 116 valence electrons. The van der Waals surface area contributed by atoms with Gasteiger partial charge in [-0.05, 0) is 31.4 Å². The van der Waals surface area contributed by atoms with Gasteiger partial charge in [-0.1, -0.05) is 30.3 Å². The number of pyridine rings is 1. The molecule has 0 spiro atoms. The van der Waals surface area contributed by atoms with Crippen molar-refractivity contribution in [1.29, 1.82) is 0 Å². The summed E-state index contributed by atoms with van der Waals surface area (Å²) in [4.78, 5) is 14.1. The smallest absolute Gasteiger partial charge is 0.258 e. The number of rotatable bonds is 6. The van der Waals surface area contributed by atoms with E-state index >= 15 is 0 Å². The lowest BCUT2D eigenvalue weighted by Gasteiger charge is -2.06. The van der Waals surface area contributed by atoms with Gasteiger partial charge in [-0.3, -0.25) is 10.1 Å². The van der Waals surface area contributed by atoms with Gasteiger partial charge in [0.15, 0.2) is 0 Å². The summed E-state index contributed by atoms with van der Waals surface area (Å²) in [7, 11) is -3.78. The molecule has 0 N–H and O–H groups in total. The monoisotopic (exact) mass is 320 g/mol. The topological polar surface area (TPSA) is 90.2 Å². The zero-order valence-corrected chi connectivity index (χ0v) is 12.9. The highest BCUT2D eigenvalue weighted by molar-refractivity contribution is 7.91. The highest BCUT2D eigenvalue weighted by Gasteiger charge is 2.27. The van der Waals surface area contributed by atoms with Crippen molar-refractivity contribution in [1.82, 2.24) is 4.98 Å². The van der Waals surface area contributed by atoms with E-state index in [0.29, 0.717) is 18.5 Å². The van der Waals surface area contributed by atoms with Crippen molar-refractivity contribution < 1.29 is 13.3 Å². The second-order valence-electron chi connectivity index (χ2n) is 4.94. The average Bonchev–Trinajstić information content (AvgIpc) is 2.47. The molecule has 22 heavy (non-hydrogen) atoms. The Labute approximate surface area is 128 Å². The van der Waals surface area contributed by atoms with E-state index in [1.165, 1.54) is 12.1 Å². The largest absolute Gasteiger partial charge is 0.306 e. The summed E-state index contributed by atoms with van der Waals surface area (Å²) in [5, 5.41) is 10.5. The molecule has 1 heterocycles. The number of sulfone groups is 1. The second kappa shape index (κ2) is 6.65. The Bertz CT molecular complexity index is 773. The molecular formula is C15H16N2O4S. The minimum atomic E-state index is -3.78. The van der Waals surface area contributed by atoms with E-state index in [0.717, 1.165) is 5.56 Å². The molecule has 1 aromatic heterocycles. The van der Waals surface area contributed by atoms with Gasteiger partial charge in [-0.25, -0.2) is 13.4 Å². The molecule has 0 unspecified atom stereocenters. The SMILES string of the molecule is Cc1ccc([N+](=O)[O-])c(S(=O)(=O)CCCc2ccccc2)n1. The van der Waals surface area contributed by atoms with Gasteiger partial charge in [-0.15, -0.1) is 0 Å². The summed E-state index contributed by atoms with van der Waals surface area (Å²) < 4.78 is 24.7. The van der Waals surface area contributed by atoms with Crippen LogP contribution in [0.4, 0.5) is 5.69 Å². The summed E-state index contributed by atoms with van der Waals surface area (Å²) in [5.74, 6) is -0.167. The first-order valence-electron chi connectivity index (χ1n) is 6.79. The Balaban J connectivity index is 2.17. The molecule has 0 fully saturated rings. The standard InChI is InChI=1S/C15H16N2O4S/c1-12-9-10-14(17(18)19)15(16-12)22(20,21)11-5-8-13-6-3-2-4-7-13/h2-4,6-7,9-10H,5,8,11H2,1H3. The number of nitrogens with zero attached hydrogens (tertiary/aromatic N) is 2. The number of hydrogen-bond donors (Lipinski definition) is 0. The Hall–Kier alpha value is -2.28. The molecule has 0 aliphatic heterocycles. The molecule has 2 aromatic rings. The van der Waals surface area contributed by atoms with Crippen molar-refractivity contribution in [3.05, 3.63) is 63.8 Å². The maximum Gasteiger partial charge on any atom is 0.306 e. The predicted molar refractivity (Wildman–Crippen MR) is 82.4 cm³/mol. The fraction of sp³-hybridized carbons (Fsp3) is 0.267. The minimum Gasteiger partial charge on any atom is -0.258 e. The van der Waals surface area contributed by atoms with Crippen molar-refractivity contribution in [2.45, 2.75) is 24.8 Å². The fourth-order valence-corrected chi connectivity index (χ4v) is 3.56. The first-order chi connectivity index (χ1) is 10.4. The normalized spacial score (nSPS) is 11.3. The van der Waals surface area contributed by atoms with Crippen LogP contribution < -0.4 is 0 Å². The van der Waals surface area contributed by atoms with Crippen molar-refractivity contribution in [3.63, 3.8) is 0 Å². The highest BCUT2D eigenvalue weighted by atomic mass is 32.2. The van der Waals surface area contributed by atoms with Gasteiger partial charge < -0.3 is 0 Å². The first-order valence-corrected chi connectivity index (χ1v) is 8.44. The van der Waals surface area contributed by atoms with Crippen LogP contribution in [0.1, 0.15) is 17.7 Å². The van der Waals surface area contributed by atoms with E-state index < -0.39 is 25.5 Å². The van der Waals surface area contributed by atoms with Crippen molar-refractivity contribution in [3.8, 4) is 0 Å². The molecule has 1 aromatic carbocycles.